The maximum absolute atomic E-state index is 13.7. The van der Waals surface area contributed by atoms with E-state index in [2.05, 4.69) is 10.6 Å². The molecule has 29 heavy (non-hydrogen) atoms. The molecule has 2 aromatic rings. The number of rotatable bonds is 2. The molecule has 1 spiro atoms. The lowest BCUT2D eigenvalue weighted by atomic mass is 9.65. The van der Waals surface area contributed by atoms with Crippen LogP contribution in [0.25, 0.3) is 0 Å². The zero-order valence-electron chi connectivity index (χ0n) is 16.0. The Labute approximate surface area is 173 Å². The van der Waals surface area contributed by atoms with Crippen LogP contribution in [-0.4, -0.2) is 46.9 Å². The fourth-order valence-corrected chi connectivity index (χ4v) is 4.46. The van der Waals surface area contributed by atoms with Crippen molar-refractivity contribution >= 4 is 35.2 Å². The monoisotopic (exact) mass is 408 g/mol. The third-order valence-corrected chi connectivity index (χ3v) is 5.85. The van der Waals surface area contributed by atoms with E-state index in [1.807, 2.05) is 60.7 Å². The number of barbiturate groups is 1. The highest BCUT2D eigenvalue weighted by atomic mass is 32.1. The molecule has 4 rings (SSSR count). The van der Waals surface area contributed by atoms with Crippen LogP contribution in [0, 0.1) is 5.41 Å². The molecule has 2 heterocycles. The molecule has 0 unspecified atom stereocenters. The first-order valence-electron chi connectivity index (χ1n) is 9.16. The Kier molecular flexibility index (Phi) is 4.58. The van der Waals surface area contributed by atoms with E-state index in [1.165, 1.54) is 14.1 Å². The normalized spacial score (nSPS) is 23.8. The molecule has 2 saturated heterocycles. The largest absolute Gasteiger partial charge is 0.354 e. The molecule has 148 valence electrons. The van der Waals surface area contributed by atoms with Crippen molar-refractivity contribution in [2.45, 2.75) is 12.1 Å². The van der Waals surface area contributed by atoms with Gasteiger partial charge >= 0.3 is 6.03 Å². The van der Waals surface area contributed by atoms with Crippen LogP contribution in [0.2, 0.25) is 0 Å². The summed E-state index contributed by atoms with van der Waals surface area (Å²) in [6.07, 6.45) is 0. The van der Waals surface area contributed by atoms with Crippen molar-refractivity contribution in [3.05, 3.63) is 71.8 Å². The smallest absolute Gasteiger partial charge is 0.332 e. The molecule has 0 radical (unpaired) electrons. The van der Waals surface area contributed by atoms with E-state index >= 15 is 0 Å². The zero-order chi connectivity index (χ0) is 20.8. The SMILES string of the molecule is CN1C(=O)N(C)C(=O)C2(C1=O)[C@H](c1ccccc1)NC(=S)N[C@H]2c1ccccc1. The standard InChI is InChI=1S/C21H20N4O3S/c1-24-17(26)21(18(27)25(2)20(24)28)15(13-9-5-3-6-10-13)22-19(29)23-16(21)14-11-7-4-8-12-14/h3-12,15-16H,1-2H3,(H2,22,23,29)/t15-,16-/m0/s1. The van der Waals surface area contributed by atoms with E-state index in [9.17, 15) is 14.4 Å². The third kappa shape index (κ3) is 2.71. The molecule has 0 saturated carbocycles. The molecular weight excluding hydrogens is 388 g/mol. The van der Waals surface area contributed by atoms with E-state index in [4.69, 9.17) is 12.2 Å². The minimum atomic E-state index is -1.64. The average Bonchev–Trinajstić information content (AvgIpc) is 2.76. The number of carbonyl (C=O) groups is 3. The van der Waals surface area contributed by atoms with Gasteiger partial charge in [-0.25, -0.2) is 4.79 Å². The van der Waals surface area contributed by atoms with E-state index in [1.54, 1.807) is 0 Å². The molecule has 0 aromatic heterocycles. The molecule has 0 aliphatic carbocycles. The summed E-state index contributed by atoms with van der Waals surface area (Å²) in [7, 11) is 2.79. The Hall–Kier alpha value is -3.26. The second-order valence-electron chi connectivity index (χ2n) is 7.19. The van der Waals surface area contributed by atoms with E-state index in [0.717, 1.165) is 20.9 Å². The van der Waals surface area contributed by atoms with Crippen molar-refractivity contribution < 1.29 is 14.4 Å². The number of carbonyl (C=O) groups excluding carboxylic acids is 3. The molecular formula is C21H20N4O3S. The quantitative estimate of drug-likeness (QED) is 0.584. The first kappa shape index (κ1) is 19.1. The molecule has 8 heteroatoms. The highest BCUT2D eigenvalue weighted by molar-refractivity contribution is 7.80. The molecule has 4 amide bonds. The molecule has 2 atom stereocenters. The number of hydrogen-bond donors (Lipinski definition) is 2. The van der Waals surface area contributed by atoms with Gasteiger partial charge in [0.25, 0.3) is 11.8 Å². The topological polar surface area (TPSA) is 81.8 Å². The molecule has 2 aliphatic rings. The maximum Gasteiger partial charge on any atom is 0.332 e. The number of benzene rings is 2. The van der Waals surface area contributed by atoms with Gasteiger partial charge in [0.2, 0.25) is 0 Å². The van der Waals surface area contributed by atoms with Crippen LogP contribution in [0.15, 0.2) is 60.7 Å². The van der Waals surface area contributed by atoms with Crippen LogP contribution in [0.1, 0.15) is 23.2 Å². The summed E-state index contributed by atoms with van der Waals surface area (Å²) in [5.74, 6) is -1.15. The van der Waals surface area contributed by atoms with Gasteiger partial charge in [-0.3, -0.25) is 19.4 Å². The number of amides is 4. The van der Waals surface area contributed by atoms with E-state index in [0.29, 0.717) is 5.11 Å². The highest BCUT2D eigenvalue weighted by Crippen LogP contribution is 2.50. The number of thiocarbonyl (C=S) groups is 1. The molecule has 2 aromatic carbocycles. The Morgan fingerprint density at radius 1 is 0.759 bits per heavy atom. The minimum Gasteiger partial charge on any atom is -0.354 e. The number of nitrogens with one attached hydrogen (secondary N) is 2. The van der Waals surface area contributed by atoms with Gasteiger partial charge in [-0.2, -0.15) is 0 Å². The highest BCUT2D eigenvalue weighted by Gasteiger charge is 2.66. The fourth-order valence-electron chi connectivity index (χ4n) is 4.22. The summed E-state index contributed by atoms with van der Waals surface area (Å²) in [5.41, 5.74) is -0.173. The van der Waals surface area contributed by atoms with E-state index < -0.39 is 35.3 Å². The molecule has 2 N–H and O–H groups in total. The second kappa shape index (κ2) is 6.97. The number of imide groups is 2. The van der Waals surface area contributed by atoms with Gasteiger partial charge in [-0.15, -0.1) is 0 Å². The summed E-state index contributed by atoms with van der Waals surface area (Å²) >= 11 is 5.43. The van der Waals surface area contributed by atoms with Crippen LogP contribution in [0.5, 0.6) is 0 Å². The third-order valence-electron chi connectivity index (χ3n) is 5.62. The van der Waals surface area contributed by atoms with Gasteiger partial charge in [-0.1, -0.05) is 60.7 Å². The lowest BCUT2D eigenvalue weighted by Crippen LogP contribution is -2.73. The van der Waals surface area contributed by atoms with Crippen molar-refractivity contribution in [1.29, 1.82) is 0 Å². The Morgan fingerprint density at radius 2 is 1.14 bits per heavy atom. The number of urea groups is 1. The van der Waals surface area contributed by atoms with Gasteiger partial charge in [0.05, 0.1) is 12.1 Å². The van der Waals surface area contributed by atoms with Gasteiger partial charge < -0.3 is 10.6 Å². The predicted molar refractivity (Wildman–Crippen MR) is 111 cm³/mol. The van der Waals surface area contributed by atoms with Crippen LogP contribution < -0.4 is 10.6 Å². The van der Waals surface area contributed by atoms with Gasteiger partial charge in [0.15, 0.2) is 10.5 Å². The number of nitrogens with zero attached hydrogens (tertiary/aromatic N) is 2. The van der Waals surface area contributed by atoms with Crippen molar-refractivity contribution in [2.75, 3.05) is 14.1 Å². The lowest BCUT2D eigenvalue weighted by molar-refractivity contribution is -0.163. The Balaban J connectivity index is 2.00. The summed E-state index contributed by atoms with van der Waals surface area (Å²) in [5, 5.41) is 6.58. The Bertz CT molecular complexity index is 918. The summed E-state index contributed by atoms with van der Waals surface area (Å²) in [4.78, 5) is 41.8. The van der Waals surface area contributed by atoms with Crippen molar-refractivity contribution in [3.63, 3.8) is 0 Å². The zero-order valence-corrected chi connectivity index (χ0v) is 16.8. The van der Waals surface area contributed by atoms with Crippen molar-refractivity contribution in [2.24, 2.45) is 5.41 Å². The molecule has 7 nitrogen and oxygen atoms in total. The van der Waals surface area contributed by atoms with Crippen molar-refractivity contribution in [1.82, 2.24) is 20.4 Å². The fraction of sp³-hybridized carbons (Fsp3) is 0.238. The van der Waals surface area contributed by atoms with Crippen molar-refractivity contribution in [3.8, 4) is 0 Å². The summed E-state index contributed by atoms with van der Waals surface area (Å²) in [6, 6.07) is 16.3. The average molecular weight is 408 g/mol. The first-order chi connectivity index (χ1) is 13.9. The minimum absolute atomic E-state index is 0.334. The maximum atomic E-state index is 13.7. The van der Waals surface area contributed by atoms with E-state index in [-0.39, 0.29) is 0 Å². The van der Waals surface area contributed by atoms with Crippen LogP contribution in [0.3, 0.4) is 0 Å². The van der Waals surface area contributed by atoms with Crippen LogP contribution in [0.4, 0.5) is 4.79 Å². The van der Waals surface area contributed by atoms with Gasteiger partial charge in [-0.05, 0) is 23.3 Å². The summed E-state index contributed by atoms with van der Waals surface area (Å²) in [6.45, 7) is 0. The first-order valence-corrected chi connectivity index (χ1v) is 9.57. The van der Waals surface area contributed by atoms with Crippen LogP contribution >= 0.6 is 12.2 Å². The number of hydrogen-bond acceptors (Lipinski definition) is 4. The van der Waals surface area contributed by atoms with Gasteiger partial charge in [0.1, 0.15) is 0 Å². The predicted octanol–water partition coefficient (Wildman–Crippen LogP) is 1.98. The molecule has 0 bridgehead atoms. The Morgan fingerprint density at radius 3 is 1.52 bits per heavy atom. The lowest BCUT2D eigenvalue weighted by Gasteiger charge is -2.52. The molecule has 2 aliphatic heterocycles. The van der Waals surface area contributed by atoms with Gasteiger partial charge in [0, 0.05) is 14.1 Å². The second-order valence-corrected chi connectivity index (χ2v) is 7.59. The molecule has 2 fully saturated rings. The van der Waals surface area contributed by atoms with Crippen LogP contribution in [-0.2, 0) is 9.59 Å². The summed E-state index contributed by atoms with van der Waals surface area (Å²) < 4.78 is 0.